The standard InChI is InChI=1S/C20H28O3/c21-20(15-22-17-11-5-2-6-12-17)23-19-14-8-7-13-18(19)16-9-3-1-4-10-16/h2,5-6,11-12,16,18-19H,1,3-4,7-10,13-15H2/t18-,19+/m1/s1. The van der Waals surface area contributed by atoms with E-state index in [0.29, 0.717) is 5.92 Å². The molecule has 0 bridgehead atoms. The van der Waals surface area contributed by atoms with Gasteiger partial charge in [-0.25, -0.2) is 4.79 Å². The van der Waals surface area contributed by atoms with Gasteiger partial charge in [0.1, 0.15) is 11.9 Å². The molecule has 0 radical (unpaired) electrons. The maximum absolute atomic E-state index is 12.2. The zero-order chi connectivity index (χ0) is 15.9. The zero-order valence-corrected chi connectivity index (χ0v) is 13.9. The van der Waals surface area contributed by atoms with E-state index in [9.17, 15) is 4.79 Å². The molecule has 2 fully saturated rings. The lowest BCUT2D eigenvalue weighted by atomic mass is 9.72. The van der Waals surface area contributed by atoms with Gasteiger partial charge in [0.2, 0.25) is 0 Å². The third-order valence-corrected chi connectivity index (χ3v) is 5.39. The summed E-state index contributed by atoms with van der Waals surface area (Å²) in [6.07, 6.45) is 11.5. The number of para-hydroxylation sites is 1. The van der Waals surface area contributed by atoms with Crippen molar-refractivity contribution in [2.45, 2.75) is 63.9 Å². The van der Waals surface area contributed by atoms with Crippen LogP contribution in [0.3, 0.4) is 0 Å². The molecule has 1 aromatic carbocycles. The van der Waals surface area contributed by atoms with Crippen molar-refractivity contribution in [2.24, 2.45) is 11.8 Å². The summed E-state index contributed by atoms with van der Waals surface area (Å²) in [7, 11) is 0. The van der Waals surface area contributed by atoms with E-state index < -0.39 is 0 Å². The van der Waals surface area contributed by atoms with Crippen LogP contribution in [0.15, 0.2) is 30.3 Å². The van der Waals surface area contributed by atoms with Crippen LogP contribution in [0.2, 0.25) is 0 Å². The van der Waals surface area contributed by atoms with Crippen LogP contribution in [0.4, 0.5) is 0 Å². The Morgan fingerprint density at radius 3 is 2.39 bits per heavy atom. The predicted molar refractivity (Wildman–Crippen MR) is 90.4 cm³/mol. The van der Waals surface area contributed by atoms with Gasteiger partial charge in [-0.1, -0.05) is 56.7 Å². The summed E-state index contributed by atoms with van der Waals surface area (Å²) >= 11 is 0. The first kappa shape index (κ1) is 16.4. The molecule has 2 atom stereocenters. The first-order valence-electron chi connectivity index (χ1n) is 9.20. The van der Waals surface area contributed by atoms with Crippen LogP contribution in [0.5, 0.6) is 5.75 Å². The molecule has 3 rings (SSSR count). The van der Waals surface area contributed by atoms with Crippen LogP contribution in [-0.2, 0) is 9.53 Å². The van der Waals surface area contributed by atoms with Gasteiger partial charge in [-0.15, -0.1) is 0 Å². The molecule has 0 unspecified atom stereocenters. The van der Waals surface area contributed by atoms with Gasteiger partial charge in [0.05, 0.1) is 0 Å². The molecule has 0 amide bonds. The number of benzene rings is 1. The van der Waals surface area contributed by atoms with E-state index in [2.05, 4.69) is 0 Å². The highest BCUT2D eigenvalue weighted by atomic mass is 16.6. The van der Waals surface area contributed by atoms with E-state index in [0.717, 1.165) is 18.1 Å². The molecule has 126 valence electrons. The van der Waals surface area contributed by atoms with Crippen LogP contribution < -0.4 is 4.74 Å². The second kappa shape index (κ2) is 8.37. The third kappa shape index (κ3) is 4.73. The smallest absolute Gasteiger partial charge is 0.344 e. The lowest BCUT2D eigenvalue weighted by Gasteiger charge is -2.38. The Hall–Kier alpha value is -1.51. The SMILES string of the molecule is O=C(COc1ccccc1)O[C@H]1CCCC[C@@H]1C1CCCCC1. The molecule has 0 N–H and O–H groups in total. The first-order valence-corrected chi connectivity index (χ1v) is 9.20. The number of carbonyl (C=O) groups excluding carboxylic acids is 1. The molecule has 0 aliphatic heterocycles. The second-order valence-electron chi connectivity index (χ2n) is 6.98. The predicted octanol–water partition coefficient (Wildman–Crippen LogP) is 4.75. The maximum atomic E-state index is 12.2. The molecule has 3 nitrogen and oxygen atoms in total. The van der Waals surface area contributed by atoms with E-state index in [4.69, 9.17) is 9.47 Å². The van der Waals surface area contributed by atoms with Crippen molar-refractivity contribution in [1.82, 2.24) is 0 Å². The minimum atomic E-state index is -0.221. The lowest BCUT2D eigenvalue weighted by Crippen LogP contribution is -2.36. The summed E-state index contributed by atoms with van der Waals surface area (Å²) in [4.78, 5) is 12.2. The monoisotopic (exact) mass is 316 g/mol. The Morgan fingerprint density at radius 2 is 1.61 bits per heavy atom. The van der Waals surface area contributed by atoms with Gasteiger partial charge in [-0.2, -0.15) is 0 Å². The van der Waals surface area contributed by atoms with Crippen LogP contribution in [0, 0.1) is 11.8 Å². The van der Waals surface area contributed by atoms with Gasteiger partial charge < -0.3 is 9.47 Å². The summed E-state index contributed by atoms with van der Waals surface area (Å²) in [6.45, 7) is 0.0118. The van der Waals surface area contributed by atoms with Crippen molar-refractivity contribution < 1.29 is 14.3 Å². The first-order chi connectivity index (χ1) is 11.3. The molecule has 2 aliphatic rings. The van der Waals surface area contributed by atoms with E-state index in [1.54, 1.807) is 0 Å². The topological polar surface area (TPSA) is 35.5 Å². The highest BCUT2D eigenvalue weighted by molar-refractivity contribution is 5.71. The van der Waals surface area contributed by atoms with Crippen molar-refractivity contribution in [3.8, 4) is 5.75 Å². The number of esters is 1. The van der Waals surface area contributed by atoms with Crippen LogP contribution in [0.1, 0.15) is 57.8 Å². The fourth-order valence-electron chi connectivity index (χ4n) is 4.24. The molecule has 2 saturated carbocycles. The molecule has 3 heteroatoms. The minimum Gasteiger partial charge on any atom is -0.482 e. The van der Waals surface area contributed by atoms with E-state index in [1.165, 1.54) is 51.4 Å². The number of hydrogen-bond acceptors (Lipinski definition) is 3. The molecular formula is C20H28O3. The number of rotatable bonds is 5. The van der Waals surface area contributed by atoms with Crippen molar-refractivity contribution in [3.63, 3.8) is 0 Å². The maximum Gasteiger partial charge on any atom is 0.344 e. The summed E-state index contributed by atoms with van der Waals surface area (Å²) in [5.41, 5.74) is 0. The Balaban J connectivity index is 1.50. The van der Waals surface area contributed by atoms with Crippen molar-refractivity contribution >= 4 is 5.97 Å². The number of carbonyl (C=O) groups is 1. The normalized spacial score (nSPS) is 25.7. The van der Waals surface area contributed by atoms with E-state index in [1.807, 2.05) is 30.3 Å². The van der Waals surface area contributed by atoms with Crippen molar-refractivity contribution in [1.29, 1.82) is 0 Å². The molecular weight excluding hydrogens is 288 g/mol. The quantitative estimate of drug-likeness (QED) is 0.736. The van der Waals surface area contributed by atoms with Crippen molar-refractivity contribution in [2.75, 3.05) is 6.61 Å². The molecule has 0 saturated heterocycles. The van der Waals surface area contributed by atoms with E-state index in [-0.39, 0.29) is 18.7 Å². The molecule has 23 heavy (non-hydrogen) atoms. The number of hydrogen-bond donors (Lipinski definition) is 0. The average molecular weight is 316 g/mol. The molecule has 1 aromatic rings. The highest BCUT2D eigenvalue weighted by Gasteiger charge is 2.34. The van der Waals surface area contributed by atoms with Crippen LogP contribution in [-0.4, -0.2) is 18.7 Å². The average Bonchev–Trinajstić information content (AvgIpc) is 2.62. The lowest BCUT2D eigenvalue weighted by molar-refractivity contribution is -0.157. The Labute approximate surface area is 139 Å². The zero-order valence-electron chi connectivity index (χ0n) is 13.9. The molecule has 0 spiro atoms. The summed E-state index contributed by atoms with van der Waals surface area (Å²) in [5, 5.41) is 0. The summed E-state index contributed by atoms with van der Waals surface area (Å²) in [6, 6.07) is 9.46. The van der Waals surface area contributed by atoms with Gasteiger partial charge in [0.15, 0.2) is 6.61 Å². The second-order valence-corrected chi connectivity index (χ2v) is 6.98. The molecule has 2 aliphatic carbocycles. The summed E-state index contributed by atoms with van der Waals surface area (Å²) in [5.74, 6) is 1.83. The third-order valence-electron chi connectivity index (χ3n) is 5.39. The number of ether oxygens (including phenoxy) is 2. The van der Waals surface area contributed by atoms with Gasteiger partial charge in [0, 0.05) is 0 Å². The fourth-order valence-corrected chi connectivity index (χ4v) is 4.24. The molecule has 0 heterocycles. The van der Waals surface area contributed by atoms with Gasteiger partial charge in [0.25, 0.3) is 0 Å². The largest absolute Gasteiger partial charge is 0.482 e. The fraction of sp³-hybridized carbons (Fsp3) is 0.650. The Morgan fingerprint density at radius 1 is 0.913 bits per heavy atom. The Kier molecular flexibility index (Phi) is 5.95. The highest BCUT2D eigenvalue weighted by Crippen LogP contribution is 2.39. The van der Waals surface area contributed by atoms with Gasteiger partial charge >= 0.3 is 5.97 Å². The van der Waals surface area contributed by atoms with Gasteiger partial charge in [-0.3, -0.25) is 0 Å². The van der Waals surface area contributed by atoms with Crippen LogP contribution >= 0.6 is 0 Å². The minimum absolute atomic E-state index is 0.0118. The van der Waals surface area contributed by atoms with E-state index >= 15 is 0 Å². The van der Waals surface area contributed by atoms with Crippen LogP contribution in [0.25, 0.3) is 0 Å². The summed E-state index contributed by atoms with van der Waals surface area (Å²) < 4.78 is 11.3. The van der Waals surface area contributed by atoms with Gasteiger partial charge in [-0.05, 0) is 43.2 Å². The van der Waals surface area contributed by atoms with Crippen molar-refractivity contribution in [3.05, 3.63) is 30.3 Å². The Bertz CT molecular complexity index is 479. The molecule has 0 aromatic heterocycles.